The standard InChI is InChI=1S/C50H50N8O4/c1-62-50(61)55-44(38-12-4-2-5-13-38)48(59)57-30-10-16-42(57)46-51-32-40(53-46)27-20-34-18-21-35(22-19-34)36-23-25-37(26-24-36)41-33-52-47(54-41)43-17-11-31-58(43)49(60)45(56-28-8-9-29-56)39-14-6-3-7-15-39/h2-7,12-15,18-19,21-26,32-33,42-45H,8-11,16-17,28-31H2,1H3,(H,51,53)(H,52,54)(H,55,61)/t42-,43-,44+,45+/m0/s1. The van der Waals surface area contributed by atoms with Crippen LogP contribution in [0.5, 0.6) is 0 Å². The van der Waals surface area contributed by atoms with Crippen LogP contribution >= 0.6 is 0 Å². The van der Waals surface area contributed by atoms with Gasteiger partial charge in [-0.2, -0.15) is 0 Å². The van der Waals surface area contributed by atoms with Gasteiger partial charge in [-0.25, -0.2) is 14.8 Å². The number of methoxy groups -OCH3 is 1. The minimum atomic E-state index is -0.880. The van der Waals surface area contributed by atoms with E-state index in [1.165, 1.54) is 7.11 Å². The monoisotopic (exact) mass is 826 g/mol. The maximum atomic E-state index is 14.3. The van der Waals surface area contributed by atoms with Crippen molar-refractivity contribution in [3.8, 4) is 34.2 Å². The number of nitrogens with one attached hydrogen (secondary N) is 3. The van der Waals surface area contributed by atoms with Crippen molar-refractivity contribution in [2.24, 2.45) is 0 Å². The Labute approximate surface area is 361 Å². The summed E-state index contributed by atoms with van der Waals surface area (Å²) in [5.41, 5.74) is 7.37. The molecule has 3 fully saturated rings. The highest BCUT2D eigenvalue weighted by Gasteiger charge is 2.40. The largest absolute Gasteiger partial charge is 0.453 e. The number of alkyl carbamates (subject to hydrolysis) is 1. The van der Waals surface area contributed by atoms with Gasteiger partial charge in [0.05, 0.1) is 37.3 Å². The Hall–Kier alpha value is -6.97. The fourth-order valence-electron chi connectivity index (χ4n) is 9.16. The number of ether oxygens (including phenoxy) is 1. The minimum Gasteiger partial charge on any atom is -0.453 e. The Morgan fingerprint density at radius 1 is 0.645 bits per heavy atom. The van der Waals surface area contributed by atoms with E-state index in [2.05, 4.69) is 85.5 Å². The van der Waals surface area contributed by atoms with Gasteiger partial charge in [0.1, 0.15) is 29.4 Å². The molecule has 0 radical (unpaired) electrons. The van der Waals surface area contributed by atoms with E-state index in [9.17, 15) is 14.4 Å². The number of hydrogen-bond donors (Lipinski definition) is 3. The molecule has 0 saturated carbocycles. The zero-order valence-electron chi connectivity index (χ0n) is 34.8. The molecule has 3 amide bonds. The summed E-state index contributed by atoms with van der Waals surface area (Å²) in [6.45, 7) is 3.17. The molecule has 314 valence electrons. The Morgan fingerprint density at radius 2 is 1.21 bits per heavy atom. The topological polar surface area (TPSA) is 140 Å². The molecule has 0 bridgehead atoms. The van der Waals surface area contributed by atoms with E-state index in [1.807, 2.05) is 71.8 Å². The lowest BCUT2D eigenvalue weighted by molar-refractivity contribution is -0.138. The summed E-state index contributed by atoms with van der Waals surface area (Å²) in [7, 11) is 1.28. The highest BCUT2D eigenvalue weighted by atomic mass is 16.5. The van der Waals surface area contributed by atoms with E-state index in [0.29, 0.717) is 23.6 Å². The molecular weight excluding hydrogens is 777 g/mol. The molecule has 0 aliphatic carbocycles. The number of aromatic amines is 2. The van der Waals surface area contributed by atoms with Gasteiger partial charge in [0.15, 0.2) is 0 Å². The van der Waals surface area contributed by atoms with Crippen LogP contribution in [0.2, 0.25) is 0 Å². The smallest absolute Gasteiger partial charge is 0.407 e. The molecule has 4 aromatic carbocycles. The fourth-order valence-corrected chi connectivity index (χ4v) is 9.16. The van der Waals surface area contributed by atoms with E-state index in [0.717, 1.165) is 97.5 Å². The summed E-state index contributed by atoms with van der Waals surface area (Å²) in [5.74, 6) is 7.88. The zero-order chi connectivity index (χ0) is 42.4. The summed E-state index contributed by atoms with van der Waals surface area (Å²) < 4.78 is 4.82. The van der Waals surface area contributed by atoms with Crippen LogP contribution in [0, 0.1) is 11.8 Å². The van der Waals surface area contributed by atoms with Crippen LogP contribution in [0.3, 0.4) is 0 Å². The number of hydrogen-bond acceptors (Lipinski definition) is 7. The van der Waals surface area contributed by atoms with E-state index >= 15 is 0 Å². The van der Waals surface area contributed by atoms with Gasteiger partial charge in [0.25, 0.3) is 5.91 Å². The van der Waals surface area contributed by atoms with Gasteiger partial charge in [0.2, 0.25) is 5.91 Å². The van der Waals surface area contributed by atoms with Crippen LogP contribution in [0.4, 0.5) is 4.79 Å². The Balaban J connectivity index is 0.836. The number of nitrogens with zero attached hydrogens (tertiary/aromatic N) is 5. The van der Waals surface area contributed by atoms with Crippen molar-refractivity contribution in [2.45, 2.75) is 62.7 Å². The predicted molar refractivity (Wildman–Crippen MR) is 236 cm³/mol. The van der Waals surface area contributed by atoms with E-state index in [4.69, 9.17) is 9.72 Å². The van der Waals surface area contributed by atoms with Gasteiger partial charge in [-0.3, -0.25) is 14.5 Å². The number of carbonyl (C=O) groups excluding carboxylic acids is 3. The number of benzene rings is 4. The summed E-state index contributed by atoms with van der Waals surface area (Å²) >= 11 is 0. The van der Waals surface area contributed by atoms with Crippen LogP contribution in [0.15, 0.2) is 122 Å². The van der Waals surface area contributed by atoms with Gasteiger partial charge in [-0.05, 0) is 97.5 Å². The van der Waals surface area contributed by atoms with Crippen molar-refractivity contribution in [3.63, 3.8) is 0 Å². The van der Waals surface area contributed by atoms with Gasteiger partial charge in [-0.1, -0.05) is 103 Å². The first-order valence-corrected chi connectivity index (χ1v) is 21.6. The van der Waals surface area contributed by atoms with Crippen molar-refractivity contribution in [3.05, 3.63) is 156 Å². The molecule has 3 N–H and O–H groups in total. The quantitative estimate of drug-likeness (QED) is 0.119. The third-order valence-electron chi connectivity index (χ3n) is 12.3. The summed E-state index contributed by atoms with van der Waals surface area (Å²) in [6, 6.07) is 34.5. The number of rotatable bonds is 10. The van der Waals surface area contributed by atoms with Gasteiger partial charge >= 0.3 is 6.09 Å². The van der Waals surface area contributed by atoms with Crippen LogP contribution in [0.25, 0.3) is 22.4 Å². The third kappa shape index (κ3) is 8.62. The molecule has 5 heterocycles. The Kier molecular flexibility index (Phi) is 12.0. The highest BCUT2D eigenvalue weighted by Crippen LogP contribution is 2.37. The van der Waals surface area contributed by atoms with Crippen molar-refractivity contribution in [1.82, 2.24) is 40.0 Å². The van der Waals surface area contributed by atoms with E-state index in [1.54, 1.807) is 11.1 Å². The average Bonchev–Trinajstić information content (AvgIpc) is 4.18. The second-order valence-electron chi connectivity index (χ2n) is 16.2. The maximum Gasteiger partial charge on any atom is 0.407 e. The van der Waals surface area contributed by atoms with Gasteiger partial charge in [0, 0.05) is 18.7 Å². The average molecular weight is 827 g/mol. The lowest BCUT2D eigenvalue weighted by atomic mass is 10.0. The summed E-state index contributed by atoms with van der Waals surface area (Å²) in [6.07, 6.45) is 8.56. The predicted octanol–water partition coefficient (Wildman–Crippen LogP) is 8.13. The van der Waals surface area contributed by atoms with Crippen molar-refractivity contribution in [2.75, 3.05) is 33.3 Å². The van der Waals surface area contributed by atoms with E-state index < -0.39 is 12.1 Å². The molecule has 9 rings (SSSR count). The molecule has 0 spiro atoms. The molecule has 0 unspecified atom stereocenters. The Bertz CT molecular complexity index is 2550. The van der Waals surface area contributed by atoms with Crippen molar-refractivity contribution in [1.29, 1.82) is 0 Å². The van der Waals surface area contributed by atoms with Crippen LogP contribution in [-0.2, 0) is 14.3 Å². The molecule has 3 aliphatic heterocycles. The second-order valence-corrected chi connectivity index (χ2v) is 16.2. The number of aromatic nitrogens is 4. The van der Waals surface area contributed by atoms with Crippen LogP contribution in [-0.4, -0.2) is 85.8 Å². The third-order valence-corrected chi connectivity index (χ3v) is 12.3. The number of amides is 3. The molecule has 3 aliphatic rings. The lowest BCUT2D eigenvalue weighted by Gasteiger charge is -2.33. The van der Waals surface area contributed by atoms with E-state index in [-0.39, 0.29) is 29.9 Å². The fraction of sp³-hybridized carbons (Fsp3) is 0.300. The summed E-state index contributed by atoms with van der Waals surface area (Å²) in [5, 5.41) is 2.71. The second kappa shape index (κ2) is 18.3. The number of H-pyrrole nitrogens is 2. The first-order chi connectivity index (χ1) is 30.4. The molecule has 3 saturated heterocycles. The van der Waals surface area contributed by atoms with Gasteiger partial charge < -0.3 is 29.8 Å². The van der Waals surface area contributed by atoms with Crippen LogP contribution in [0.1, 0.15) is 96.7 Å². The first kappa shape index (κ1) is 40.4. The highest BCUT2D eigenvalue weighted by molar-refractivity contribution is 5.87. The van der Waals surface area contributed by atoms with Crippen molar-refractivity contribution >= 4 is 17.9 Å². The lowest BCUT2D eigenvalue weighted by Crippen LogP contribution is -2.42. The molecule has 6 aromatic rings. The SMILES string of the molecule is COC(=O)N[C@@H](C(=O)N1CCC[C@H]1c1ncc(C#Cc2ccc(-c3ccc(-c4cnc([C@@H]5CCCN5C(=O)[C@@H](c5ccccc5)N5CCCC5)[nH]4)cc3)cc2)[nH]1)c1ccccc1. The zero-order valence-corrected chi connectivity index (χ0v) is 34.8. The van der Waals surface area contributed by atoms with Crippen molar-refractivity contribution < 1.29 is 19.1 Å². The normalized spacial score (nSPS) is 18.5. The molecule has 2 aromatic heterocycles. The Morgan fingerprint density at radius 3 is 1.85 bits per heavy atom. The maximum absolute atomic E-state index is 14.3. The minimum absolute atomic E-state index is 0.0777. The molecule has 62 heavy (non-hydrogen) atoms. The number of imidazole rings is 2. The first-order valence-electron chi connectivity index (χ1n) is 21.6. The molecule has 4 atom stereocenters. The van der Waals surface area contributed by atoms with Gasteiger partial charge in [-0.15, -0.1) is 0 Å². The molecule has 12 nitrogen and oxygen atoms in total. The summed E-state index contributed by atoms with van der Waals surface area (Å²) in [4.78, 5) is 62.8. The number of carbonyl (C=O) groups is 3. The molecular formula is C50H50N8O4. The van der Waals surface area contributed by atoms with Crippen LogP contribution < -0.4 is 5.32 Å². The number of likely N-dealkylation sites (tertiary alicyclic amines) is 3. The molecule has 12 heteroatoms.